The summed E-state index contributed by atoms with van der Waals surface area (Å²) in [6.07, 6.45) is 5.35. The topological polar surface area (TPSA) is 51.0 Å². The highest BCUT2D eigenvalue weighted by molar-refractivity contribution is 5.93. The normalized spacial score (nSPS) is 11.2. The van der Waals surface area contributed by atoms with E-state index in [4.69, 9.17) is 9.97 Å². The predicted octanol–water partition coefficient (Wildman–Crippen LogP) is 5.09. The van der Waals surface area contributed by atoms with Crippen molar-refractivity contribution in [2.24, 2.45) is 0 Å². The van der Waals surface area contributed by atoms with Crippen LogP contribution < -0.4 is 4.90 Å². The van der Waals surface area contributed by atoms with Crippen LogP contribution in [0.15, 0.2) is 18.3 Å². The number of aryl methyl sites for hydroxylation is 4. The van der Waals surface area contributed by atoms with Crippen LogP contribution in [-0.2, 0) is 0 Å². The molecule has 148 valence electrons. The van der Waals surface area contributed by atoms with E-state index < -0.39 is 0 Å². The standard InChI is InChI=1S/C23H30N4O/c1-7-9-10-26(8-2)22-20-17(5)13-27(23(20)25-18(6)24-22)21-15(3)11-19(14-28)12-16(21)4/h11-14H,7-10H2,1-6H3. The predicted molar refractivity (Wildman–Crippen MR) is 116 cm³/mol. The summed E-state index contributed by atoms with van der Waals surface area (Å²) in [5, 5.41) is 1.11. The average molecular weight is 379 g/mol. The van der Waals surface area contributed by atoms with E-state index in [0.717, 1.165) is 71.7 Å². The Bertz CT molecular complexity index is 996. The highest BCUT2D eigenvalue weighted by Crippen LogP contribution is 2.33. The van der Waals surface area contributed by atoms with Crippen LogP contribution in [0.4, 0.5) is 5.82 Å². The number of carbonyl (C=O) groups is 1. The largest absolute Gasteiger partial charge is 0.356 e. The van der Waals surface area contributed by atoms with Gasteiger partial charge in [0.15, 0.2) is 5.65 Å². The number of fused-ring (bicyclic) bond motifs is 1. The average Bonchev–Trinajstić information content (AvgIpc) is 2.97. The van der Waals surface area contributed by atoms with Crippen LogP contribution in [0.5, 0.6) is 0 Å². The van der Waals surface area contributed by atoms with Crippen LogP contribution in [0, 0.1) is 27.7 Å². The van der Waals surface area contributed by atoms with E-state index in [9.17, 15) is 4.79 Å². The van der Waals surface area contributed by atoms with Crippen molar-refractivity contribution in [2.45, 2.75) is 54.4 Å². The third-order valence-electron chi connectivity index (χ3n) is 5.28. The lowest BCUT2D eigenvalue weighted by Gasteiger charge is -2.23. The second-order valence-electron chi connectivity index (χ2n) is 7.53. The zero-order valence-corrected chi connectivity index (χ0v) is 17.8. The molecule has 0 fully saturated rings. The van der Waals surface area contributed by atoms with Gasteiger partial charge in [-0.15, -0.1) is 0 Å². The molecule has 28 heavy (non-hydrogen) atoms. The van der Waals surface area contributed by atoms with E-state index in [1.165, 1.54) is 5.56 Å². The molecule has 2 aromatic heterocycles. The Morgan fingerprint density at radius 3 is 2.29 bits per heavy atom. The molecule has 0 atom stereocenters. The molecule has 5 nitrogen and oxygen atoms in total. The summed E-state index contributed by atoms with van der Waals surface area (Å²) in [4.78, 5) is 23.2. The molecule has 3 rings (SSSR count). The molecule has 0 saturated carbocycles. The Morgan fingerprint density at radius 1 is 1.04 bits per heavy atom. The molecular weight excluding hydrogens is 348 g/mol. The number of nitrogens with zero attached hydrogens (tertiary/aromatic N) is 4. The second-order valence-corrected chi connectivity index (χ2v) is 7.53. The summed E-state index contributed by atoms with van der Waals surface area (Å²) in [7, 11) is 0. The van der Waals surface area contributed by atoms with Crippen molar-refractivity contribution in [1.82, 2.24) is 14.5 Å². The minimum Gasteiger partial charge on any atom is -0.356 e. The molecule has 0 aliphatic carbocycles. The van der Waals surface area contributed by atoms with Gasteiger partial charge in [-0.1, -0.05) is 13.3 Å². The maximum absolute atomic E-state index is 11.2. The first kappa shape index (κ1) is 20.1. The summed E-state index contributed by atoms with van der Waals surface area (Å²) in [5.74, 6) is 1.80. The number of aldehydes is 1. The molecule has 2 heterocycles. The third kappa shape index (κ3) is 3.53. The zero-order valence-electron chi connectivity index (χ0n) is 17.8. The van der Waals surface area contributed by atoms with Gasteiger partial charge in [0.05, 0.1) is 11.1 Å². The van der Waals surface area contributed by atoms with Crippen molar-refractivity contribution in [3.05, 3.63) is 46.4 Å². The highest BCUT2D eigenvalue weighted by Gasteiger charge is 2.20. The Morgan fingerprint density at radius 2 is 1.71 bits per heavy atom. The van der Waals surface area contributed by atoms with Crippen LogP contribution in [0.1, 0.15) is 59.6 Å². The van der Waals surface area contributed by atoms with E-state index in [-0.39, 0.29) is 0 Å². The van der Waals surface area contributed by atoms with Crippen LogP contribution >= 0.6 is 0 Å². The van der Waals surface area contributed by atoms with Crippen LogP contribution in [0.3, 0.4) is 0 Å². The van der Waals surface area contributed by atoms with Crippen LogP contribution in [-0.4, -0.2) is 33.9 Å². The fourth-order valence-electron chi connectivity index (χ4n) is 3.99. The molecule has 0 radical (unpaired) electrons. The molecule has 0 saturated heterocycles. The molecule has 0 unspecified atom stereocenters. The van der Waals surface area contributed by atoms with Gasteiger partial charge in [0.1, 0.15) is 17.9 Å². The van der Waals surface area contributed by atoms with Crippen LogP contribution in [0.25, 0.3) is 16.7 Å². The molecular formula is C23H30N4O. The number of unbranched alkanes of at least 4 members (excludes halogenated alkanes) is 1. The molecule has 0 spiro atoms. The Hall–Kier alpha value is -2.69. The van der Waals surface area contributed by atoms with E-state index in [2.05, 4.69) is 36.4 Å². The molecule has 3 aromatic rings. The van der Waals surface area contributed by atoms with Gasteiger partial charge in [-0.25, -0.2) is 9.97 Å². The minimum absolute atomic E-state index is 0.704. The number of hydrogen-bond donors (Lipinski definition) is 0. The summed E-state index contributed by atoms with van der Waals surface area (Å²) >= 11 is 0. The quantitative estimate of drug-likeness (QED) is 0.537. The zero-order chi connectivity index (χ0) is 20.4. The maximum atomic E-state index is 11.2. The fraction of sp³-hybridized carbons (Fsp3) is 0.435. The molecule has 1 aromatic carbocycles. The Labute approximate surface area is 167 Å². The smallest absolute Gasteiger partial charge is 0.150 e. The number of benzene rings is 1. The lowest BCUT2D eigenvalue weighted by atomic mass is 10.0. The van der Waals surface area contributed by atoms with Crippen molar-refractivity contribution in [1.29, 1.82) is 0 Å². The minimum atomic E-state index is 0.704. The first-order valence-electron chi connectivity index (χ1n) is 10.1. The van der Waals surface area contributed by atoms with Gasteiger partial charge in [0.2, 0.25) is 0 Å². The van der Waals surface area contributed by atoms with Crippen molar-refractivity contribution in [2.75, 3.05) is 18.0 Å². The Balaban J connectivity index is 2.27. The summed E-state index contributed by atoms with van der Waals surface area (Å²) in [6.45, 7) is 14.5. The molecule has 5 heteroatoms. The molecule has 0 aliphatic heterocycles. The monoisotopic (exact) mass is 378 g/mol. The molecule has 0 N–H and O–H groups in total. The van der Waals surface area contributed by atoms with Gasteiger partial charge in [-0.05, 0) is 69.9 Å². The van der Waals surface area contributed by atoms with E-state index in [1.54, 1.807) is 0 Å². The second kappa shape index (κ2) is 8.13. The first-order valence-corrected chi connectivity index (χ1v) is 10.1. The van der Waals surface area contributed by atoms with Crippen molar-refractivity contribution >= 4 is 23.1 Å². The number of rotatable bonds is 7. The van der Waals surface area contributed by atoms with E-state index in [0.29, 0.717) is 5.56 Å². The Kier molecular flexibility index (Phi) is 5.82. The summed E-state index contributed by atoms with van der Waals surface area (Å²) < 4.78 is 2.16. The SMILES string of the molecule is CCCCN(CC)c1nc(C)nc2c1c(C)cn2-c1c(C)cc(C=O)cc1C. The fourth-order valence-corrected chi connectivity index (χ4v) is 3.99. The molecule has 0 aliphatic rings. The highest BCUT2D eigenvalue weighted by atomic mass is 16.1. The molecule has 0 bridgehead atoms. The summed E-state index contributed by atoms with van der Waals surface area (Å²) in [6, 6.07) is 3.87. The molecule has 0 amide bonds. The van der Waals surface area contributed by atoms with Gasteiger partial charge in [-0.2, -0.15) is 0 Å². The van der Waals surface area contributed by atoms with Gasteiger partial charge in [0, 0.05) is 24.8 Å². The lowest BCUT2D eigenvalue weighted by molar-refractivity contribution is 0.112. The number of hydrogen-bond acceptors (Lipinski definition) is 4. The lowest BCUT2D eigenvalue weighted by Crippen LogP contribution is -2.25. The van der Waals surface area contributed by atoms with Crippen LogP contribution in [0.2, 0.25) is 0 Å². The van der Waals surface area contributed by atoms with Gasteiger partial charge in [-0.3, -0.25) is 4.79 Å². The third-order valence-corrected chi connectivity index (χ3v) is 5.28. The number of carbonyl (C=O) groups excluding carboxylic acids is 1. The number of anilines is 1. The number of aromatic nitrogens is 3. The van der Waals surface area contributed by atoms with E-state index >= 15 is 0 Å². The van der Waals surface area contributed by atoms with Crippen molar-refractivity contribution in [3.8, 4) is 5.69 Å². The van der Waals surface area contributed by atoms with Gasteiger partial charge < -0.3 is 9.47 Å². The maximum Gasteiger partial charge on any atom is 0.150 e. The van der Waals surface area contributed by atoms with Crippen molar-refractivity contribution < 1.29 is 4.79 Å². The van der Waals surface area contributed by atoms with E-state index in [1.807, 2.05) is 32.9 Å². The van der Waals surface area contributed by atoms with Gasteiger partial charge in [0.25, 0.3) is 0 Å². The van der Waals surface area contributed by atoms with Gasteiger partial charge >= 0.3 is 0 Å². The summed E-state index contributed by atoms with van der Waals surface area (Å²) in [5.41, 5.74) is 6.02. The first-order chi connectivity index (χ1) is 13.4. The van der Waals surface area contributed by atoms with Crippen molar-refractivity contribution in [3.63, 3.8) is 0 Å².